The van der Waals surface area contributed by atoms with Crippen LogP contribution < -0.4 is 4.74 Å². The van der Waals surface area contributed by atoms with E-state index in [4.69, 9.17) is 21.1 Å². The minimum absolute atomic E-state index is 0.156. The zero-order chi connectivity index (χ0) is 18.8. The standard InChI is InChI=1S/C21H23ClO4/c1-2-3-4-5-10-15-25-20(23)16-11-6-7-12-17(16)21(24)26-19-14-9-8-13-18(19)22/h6-9,11-14H,2-5,10,15H2,1H3. The van der Waals surface area contributed by atoms with Crippen molar-refractivity contribution in [3.8, 4) is 5.75 Å². The number of unbranched alkanes of at least 4 members (excludes halogenated alkanes) is 4. The Morgan fingerprint density at radius 1 is 0.846 bits per heavy atom. The Morgan fingerprint density at radius 3 is 2.15 bits per heavy atom. The lowest BCUT2D eigenvalue weighted by molar-refractivity contribution is 0.0489. The van der Waals surface area contributed by atoms with Crippen LogP contribution in [0.3, 0.4) is 0 Å². The second-order valence-electron chi connectivity index (χ2n) is 5.92. The highest BCUT2D eigenvalue weighted by atomic mass is 35.5. The number of para-hydroxylation sites is 1. The van der Waals surface area contributed by atoms with Gasteiger partial charge in [-0.25, -0.2) is 9.59 Å². The molecule has 0 aliphatic heterocycles. The van der Waals surface area contributed by atoms with Crippen LogP contribution in [-0.4, -0.2) is 18.5 Å². The van der Waals surface area contributed by atoms with Gasteiger partial charge in [-0.1, -0.05) is 68.5 Å². The van der Waals surface area contributed by atoms with Gasteiger partial charge in [0.1, 0.15) is 5.75 Å². The molecule has 0 aliphatic carbocycles. The molecule has 0 atom stereocenters. The minimum atomic E-state index is -0.645. The van der Waals surface area contributed by atoms with Gasteiger partial charge in [-0.15, -0.1) is 0 Å². The summed E-state index contributed by atoms with van der Waals surface area (Å²) in [6, 6.07) is 13.1. The maximum atomic E-state index is 12.5. The van der Waals surface area contributed by atoms with Crippen LogP contribution in [0, 0.1) is 0 Å². The Kier molecular flexibility index (Phi) is 8.16. The Hall–Kier alpha value is -2.33. The lowest BCUT2D eigenvalue weighted by Crippen LogP contribution is -2.16. The van der Waals surface area contributed by atoms with Gasteiger partial charge in [0.25, 0.3) is 0 Å². The molecule has 0 saturated heterocycles. The Labute approximate surface area is 159 Å². The molecule has 2 rings (SSSR count). The van der Waals surface area contributed by atoms with E-state index in [0.717, 1.165) is 19.3 Å². The van der Waals surface area contributed by atoms with Crippen molar-refractivity contribution in [3.63, 3.8) is 0 Å². The van der Waals surface area contributed by atoms with Crippen molar-refractivity contribution >= 4 is 23.5 Å². The first-order valence-electron chi connectivity index (χ1n) is 8.86. The van der Waals surface area contributed by atoms with E-state index < -0.39 is 11.9 Å². The maximum Gasteiger partial charge on any atom is 0.344 e. The van der Waals surface area contributed by atoms with Gasteiger partial charge >= 0.3 is 11.9 Å². The van der Waals surface area contributed by atoms with Crippen LogP contribution >= 0.6 is 11.6 Å². The number of rotatable bonds is 9. The van der Waals surface area contributed by atoms with E-state index >= 15 is 0 Å². The Morgan fingerprint density at radius 2 is 1.46 bits per heavy atom. The molecule has 0 unspecified atom stereocenters. The summed E-state index contributed by atoms with van der Waals surface area (Å²) in [4.78, 5) is 24.8. The van der Waals surface area contributed by atoms with Crippen molar-refractivity contribution in [1.29, 1.82) is 0 Å². The first-order chi connectivity index (χ1) is 12.6. The first-order valence-corrected chi connectivity index (χ1v) is 9.24. The van der Waals surface area contributed by atoms with Gasteiger partial charge in [0.15, 0.2) is 0 Å². The van der Waals surface area contributed by atoms with Gasteiger partial charge < -0.3 is 9.47 Å². The van der Waals surface area contributed by atoms with Gasteiger partial charge in [-0.05, 0) is 30.7 Å². The van der Waals surface area contributed by atoms with E-state index in [9.17, 15) is 9.59 Å². The van der Waals surface area contributed by atoms with Gasteiger partial charge in [0.05, 0.1) is 22.8 Å². The van der Waals surface area contributed by atoms with Crippen LogP contribution in [0.4, 0.5) is 0 Å². The molecule has 2 aromatic carbocycles. The van der Waals surface area contributed by atoms with Crippen LogP contribution in [0.1, 0.15) is 59.7 Å². The lowest BCUT2D eigenvalue weighted by Gasteiger charge is -2.10. The fourth-order valence-corrected chi connectivity index (χ4v) is 2.64. The topological polar surface area (TPSA) is 52.6 Å². The maximum absolute atomic E-state index is 12.5. The van der Waals surface area contributed by atoms with Crippen LogP contribution in [0.2, 0.25) is 5.02 Å². The van der Waals surface area contributed by atoms with Crippen molar-refractivity contribution in [1.82, 2.24) is 0 Å². The fourth-order valence-electron chi connectivity index (χ4n) is 2.47. The smallest absolute Gasteiger partial charge is 0.344 e. The number of halogens is 1. The summed E-state index contributed by atoms with van der Waals surface area (Å²) in [6.45, 7) is 2.50. The molecule has 0 aromatic heterocycles. The molecule has 0 bridgehead atoms. The summed E-state index contributed by atoms with van der Waals surface area (Å²) in [5.74, 6) is -0.918. The summed E-state index contributed by atoms with van der Waals surface area (Å²) in [5.41, 5.74) is 0.349. The normalized spacial score (nSPS) is 10.4. The van der Waals surface area contributed by atoms with Gasteiger partial charge in [0, 0.05) is 0 Å². The van der Waals surface area contributed by atoms with Gasteiger partial charge in [0.2, 0.25) is 0 Å². The number of carbonyl (C=O) groups is 2. The Bertz CT molecular complexity index is 742. The monoisotopic (exact) mass is 374 g/mol. The van der Waals surface area contributed by atoms with Crippen LogP contribution in [-0.2, 0) is 4.74 Å². The van der Waals surface area contributed by atoms with Gasteiger partial charge in [-0.3, -0.25) is 0 Å². The molecule has 0 heterocycles. The lowest BCUT2D eigenvalue weighted by atomic mass is 10.1. The van der Waals surface area contributed by atoms with Crippen LogP contribution in [0.5, 0.6) is 5.75 Å². The number of benzene rings is 2. The molecule has 4 nitrogen and oxygen atoms in total. The van der Waals surface area contributed by atoms with Crippen LogP contribution in [0.25, 0.3) is 0 Å². The molecule has 0 aliphatic rings. The SMILES string of the molecule is CCCCCCCOC(=O)c1ccccc1C(=O)Oc1ccccc1Cl. The van der Waals surface area contributed by atoms with E-state index in [1.807, 2.05) is 0 Å². The molecule has 0 spiro atoms. The highest BCUT2D eigenvalue weighted by Gasteiger charge is 2.20. The minimum Gasteiger partial charge on any atom is -0.462 e. The van der Waals surface area contributed by atoms with Gasteiger partial charge in [-0.2, -0.15) is 0 Å². The fraction of sp³-hybridized carbons (Fsp3) is 0.333. The highest BCUT2D eigenvalue weighted by molar-refractivity contribution is 6.32. The third-order valence-electron chi connectivity index (χ3n) is 3.89. The second kappa shape index (κ2) is 10.6. The van der Waals surface area contributed by atoms with E-state index in [2.05, 4.69) is 6.92 Å². The second-order valence-corrected chi connectivity index (χ2v) is 6.32. The molecule has 0 saturated carbocycles. The number of esters is 2. The zero-order valence-electron chi connectivity index (χ0n) is 14.9. The predicted molar refractivity (Wildman–Crippen MR) is 102 cm³/mol. The third-order valence-corrected chi connectivity index (χ3v) is 4.20. The molecule has 0 fully saturated rings. The van der Waals surface area contributed by atoms with Crippen molar-refractivity contribution in [2.24, 2.45) is 0 Å². The van der Waals surface area contributed by atoms with E-state index in [0.29, 0.717) is 11.6 Å². The molecule has 0 amide bonds. The summed E-state index contributed by atoms with van der Waals surface area (Å²) >= 11 is 6.01. The van der Waals surface area contributed by atoms with E-state index in [1.54, 1.807) is 42.5 Å². The molecule has 138 valence electrons. The predicted octanol–water partition coefficient (Wildman–Crippen LogP) is 5.69. The average Bonchev–Trinajstić information content (AvgIpc) is 2.66. The summed E-state index contributed by atoms with van der Waals surface area (Å²) < 4.78 is 10.6. The highest BCUT2D eigenvalue weighted by Crippen LogP contribution is 2.24. The van der Waals surface area contributed by atoms with E-state index in [-0.39, 0.29) is 16.9 Å². The summed E-state index contributed by atoms with van der Waals surface area (Å²) in [7, 11) is 0. The van der Waals surface area contributed by atoms with Crippen molar-refractivity contribution in [2.75, 3.05) is 6.61 Å². The summed E-state index contributed by atoms with van der Waals surface area (Å²) in [5, 5.41) is 0.327. The van der Waals surface area contributed by atoms with Crippen molar-refractivity contribution < 1.29 is 19.1 Å². The molecular formula is C21H23ClO4. The van der Waals surface area contributed by atoms with Crippen molar-refractivity contribution in [2.45, 2.75) is 39.0 Å². The van der Waals surface area contributed by atoms with E-state index in [1.165, 1.54) is 18.9 Å². The Balaban J connectivity index is 1.99. The summed E-state index contributed by atoms with van der Waals surface area (Å²) in [6.07, 6.45) is 5.33. The number of ether oxygens (including phenoxy) is 2. The van der Waals surface area contributed by atoms with Crippen LogP contribution in [0.15, 0.2) is 48.5 Å². The first kappa shape index (κ1) is 20.0. The quantitative estimate of drug-likeness (QED) is 0.321. The number of hydrogen-bond acceptors (Lipinski definition) is 4. The third kappa shape index (κ3) is 5.88. The molecule has 26 heavy (non-hydrogen) atoms. The largest absolute Gasteiger partial charge is 0.462 e. The average molecular weight is 375 g/mol. The number of carbonyl (C=O) groups excluding carboxylic acids is 2. The number of hydrogen-bond donors (Lipinski definition) is 0. The molecule has 2 aromatic rings. The molecular weight excluding hydrogens is 352 g/mol. The van der Waals surface area contributed by atoms with Crippen molar-refractivity contribution in [3.05, 3.63) is 64.7 Å². The zero-order valence-corrected chi connectivity index (χ0v) is 15.6. The molecule has 5 heteroatoms. The molecule has 0 N–H and O–H groups in total. The molecule has 0 radical (unpaired) electrons.